The van der Waals surface area contributed by atoms with E-state index in [0.717, 1.165) is 27.8 Å². The van der Waals surface area contributed by atoms with E-state index >= 15 is 0 Å². The zero-order chi connectivity index (χ0) is 18.2. The number of benzene rings is 2. The normalized spacial score (nSPS) is 14.5. The van der Waals surface area contributed by atoms with Gasteiger partial charge in [0.2, 0.25) is 5.91 Å². The van der Waals surface area contributed by atoms with E-state index in [1.165, 1.54) is 31.5 Å². The van der Waals surface area contributed by atoms with Crippen LogP contribution in [0.4, 0.5) is 0 Å². The number of halogens is 1. The molecule has 0 bridgehead atoms. The van der Waals surface area contributed by atoms with Crippen molar-refractivity contribution in [3.05, 3.63) is 64.7 Å². The molecule has 1 amide bonds. The maximum atomic E-state index is 12.0. The van der Waals surface area contributed by atoms with Crippen LogP contribution in [0.5, 0.6) is 0 Å². The number of thioether (sulfide) groups is 1. The summed E-state index contributed by atoms with van der Waals surface area (Å²) in [6.07, 6.45) is 3.13. The molecule has 3 nitrogen and oxygen atoms in total. The lowest BCUT2D eigenvalue weighted by atomic mass is 10.1. The highest BCUT2D eigenvalue weighted by Crippen LogP contribution is 2.26. The Bertz CT molecular complexity index is 714. The summed E-state index contributed by atoms with van der Waals surface area (Å²) in [5.41, 5.74) is 2.49. The van der Waals surface area contributed by atoms with Gasteiger partial charge in [-0.1, -0.05) is 48.0 Å². The van der Waals surface area contributed by atoms with Gasteiger partial charge in [0.25, 0.3) is 0 Å². The van der Waals surface area contributed by atoms with Gasteiger partial charge in [-0.3, -0.25) is 9.69 Å². The van der Waals surface area contributed by atoms with Crippen LogP contribution in [0.3, 0.4) is 0 Å². The Labute approximate surface area is 165 Å². The number of carbonyl (C=O) groups excluding carboxylic acids is 1. The Morgan fingerprint density at radius 3 is 2.46 bits per heavy atom. The number of hydrogen-bond donors (Lipinski definition) is 1. The highest BCUT2D eigenvalue weighted by Gasteiger charge is 2.11. The minimum absolute atomic E-state index is 0.0747. The van der Waals surface area contributed by atoms with E-state index in [1.54, 1.807) is 11.8 Å². The van der Waals surface area contributed by atoms with Crippen LogP contribution in [0.25, 0.3) is 0 Å². The molecule has 138 valence electrons. The third kappa shape index (κ3) is 6.04. The topological polar surface area (TPSA) is 32.3 Å². The average molecular weight is 389 g/mol. The van der Waals surface area contributed by atoms with Gasteiger partial charge >= 0.3 is 0 Å². The zero-order valence-corrected chi connectivity index (χ0v) is 16.5. The molecule has 1 saturated heterocycles. The minimum Gasteiger partial charge on any atom is -0.352 e. The van der Waals surface area contributed by atoms with Crippen molar-refractivity contribution in [2.45, 2.75) is 37.2 Å². The number of nitrogens with zero attached hydrogens (tertiary/aromatic N) is 1. The second-order valence-corrected chi connectivity index (χ2v) is 8.15. The van der Waals surface area contributed by atoms with Crippen LogP contribution >= 0.6 is 23.4 Å². The number of hydrogen-bond acceptors (Lipinski definition) is 3. The van der Waals surface area contributed by atoms with Gasteiger partial charge in [0.1, 0.15) is 0 Å². The summed E-state index contributed by atoms with van der Waals surface area (Å²) in [6, 6.07) is 16.3. The maximum absolute atomic E-state index is 12.0. The van der Waals surface area contributed by atoms with Crippen LogP contribution in [0.1, 0.15) is 30.4 Å². The van der Waals surface area contributed by atoms with Gasteiger partial charge in [-0.2, -0.15) is 0 Å². The first-order valence-corrected chi connectivity index (χ1v) is 10.5. The molecule has 1 aliphatic rings. The number of carbonyl (C=O) groups is 1. The molecule has 26 heavy (non-hydrogen) atoms. The lowest BCUT2D eigenvalue weighted by Crippen LogP contribution is -2.23. The first-order valence-electron chi connectivity index (χ1n) is 9.15. The van der Waals surface area contributed by atoms with Crippen molar-refractivity contribution in [1.29, 1.82) is 0 Å². The van der Waals surface area contributed by atoms with Crippen molar-refractivity contribution in [2.75, 3.05) is 18.8 Å². The summed E-state index contributed by atoms with van der Waals surface area (Å²) in [7, 11) is 0. The second-order valence-electron chi connectivity index (χ2n) is 6.61. The van der Waals surface area contributed by atoms with Crippen molar-refractivity contribution < 1.29 is 4.79 Å². The predicted molar refractivity (Wildman–Crippen MR) is 110 cm³/mol. The number of nitrogens with one attached hydrogen (secondary N) is 1. The monoisotopic (exact) mass is 388 g/mol. The quantitative estimate of drug-likeness (QED) is 0.663. The summed E-state index contributed by atoms with van der Waals surface area (Å²) in [4.78, 5) is 15.5. The first-order chi connectivity index (χ1) is 12.7. The number of likely N-dealkylation sites (tertiary alicyclic amines) is 1. The molecule has 0 aromatic heterocycles. The van der Waals surface area contributed by atoms with Crippen molar-refractivity contribution >= 4 is 29.3 Å². The molecule has 5 heteroatoms. The van der Waals surface area contributed by atoms with E-state index in [2.05, 4.69) is 34.5 Å². The molecule has 1 N–H and O–H groups in total. The molecule has 3 rings (SSSR count). The minimum atomic E-state index is 0.0747. The number of amides is 1. The average Bonchev–Trinajstić information content (AvgIpc) is 3.16. The second kappa shape index (κ2) is 10.0. The summed E-state index contributed by atoms with van der Waals surface area (Å²) < 4.78 is 0. The fourth-order valence-corrected chi connectivity index (χ4v) is 4.25. The Hall–Kier alpha value is -1.49. The van der Waals surface area contributed by atoms with E-state index in [4.69, 9.17) is 11.6 Å². The van der Waals surface area contributed by atoms with Gasteiger partial charge in [0.15, 0.2) is 0 Å². The standard InChI is InChI=1S/C21H25ClN2OS/c22-19-5-1-2-6-20(19)26-14-11-21(25)23-15-17-7-9-18(10-8-17)16-24-12-3-4-13-24/h1-2,5-10H,3-4,11-16H2,(H,23,25). The van der Waals surface area contributed by atoms with Crippen molar-refractivity contribution in [2.24, 2.45) is 0 Å². The molecule has 0 aliphatic carbocycles. The molecule has 1 fully saturated rings. The molecule has 2 aromatic rings. The highest BCUT2D eigenvalue weighted by atomic mass is 35.5. The molecular weight excluding hydrogens is 364 g/mol. The Kier molecular flexibility index (Phi) is 7.42. The van der Waals surface area contributed by atoms with Crippen LogP contribution < -0.4 is 5.32 Å². The zero-order valence-electron chi connectivity index (χ0n) is 14.9. The Morgan fingerprint density at radius 1 is 1.04 bits per heavy atom. The Morgan fingerprint density at radius 2 is 1.73 bits per heavy atom. The third-order valence-electron chi connectivity index (χ3n) is 4.54. The van der Waals surface area contributed by atoms with Crippen molar-refractivity contribution in [3.8, 4) is 0 Å². The largest absolute Gasteiger partial charge is 0.352 e. The Balaban J connectivity index is 1.36. The summed E-state index contributed by atoms with van der Waals surface area (Å²) in [6.45, 7) is 4.04. The maximum Gasteiger partial charge on any atom is 0.221 e. The highest BCUT2D eigenvalue weighted by molar-refractivity contribution is 7.99. The molecule has 1 aliphatic heterocycles. The lowest BCUT2D eigenvalue weighted by Gasteiger charge is -2.14. The molecule has 1 heterocycles. The molecule has 0 unspecified atom stereocenters. The van der Waals surface area contributed by atoms with E-state index in [9.17, 15) is 4.79 Å². The molecule has 0 atom stereocenters. The summed E-state index contributed by atoms with van der Waals surface area (Å²) >= 11 is 7.74. The molecular formula is C21H25ClN2OS. The molecule has 2 aromatic carbocycles. The molecule has 0 spiro atoms. The van der Waals surface area contributed by atoms with Gasteiger partial charge in [0.05, 0.1) is 5.02 Å². The number of rotatable bonds is 8. The smallest absolute Gasteiger partial charge is 0.221 e. The fraction of sp³-hybridized carbons (Fsp3) is 0.381. The predicted octanol–water partition coefficient (Wildman–Crippen LogP) is 4.73. The first kappa shape index (κ1) is 19.3. The van der Waals surface area contributed by atoms with Gasteiger partial charge in [0, 0.05) is 30.2 Å². The summed E-state index contributed by atoms with van der Waals surface area (Å²) in [5.74, 6) is 0.801. The van der Waals surface area contributed by atoms with Crippen LogP contribution in [-0.2, 0) is 17.9 Å². The van der Waals surface area contributed by atoms with Crippen LogP contribution in [-0.4, -0.2) is 29.6 Å². The SMILES string of the molecule is O=C(CCSc1ccccc1Cl)NCc1ccc(CN2CCCC2)cc1. The fourth-order valence-electron chi connectivity index (χ4n) is 3.07. The summed E-state index contributed by atoms with van der Waals surface area (Å²) in [5, 5.41) is 3.74. The van der Waals surface area contributed by atoms with Crippen molar-refractivity contribution in [3.63, 3.8) is 0 Å². The van der Waals surface area contributed by atoms with E-state index in [-0.39, 0.29) is 5.91 Å². The van der Waals surface area contributed by atoms with Crippen LogP contribution in [0.15, 0.2) is 53.4 Å². The van der Waals surface area contributed by atoms with Gasteiger partial charge in [-0.25, -0.2) is 0 Å². The van der Waals surface area contributed by atoms with Crippen LogP contribution in [0.2, 0.25) is 5.02 Å². The lowest BCUT2D eigenvalue weighted by molar-refractivity contribution is -0.120. The molecule has 0 radical (unpaired) electrons. The van der Waals surface area contributed by atoms with Gasteiger partial charge < -0.3 is 5.32 Å². The van der Waals surface area contributed by atoms with E-state index in [0.29, 0.717) is 13.0 Å². The van der Waals surface area contributed by atoms with Crippen LogP contribution in [0, 0.1) is 0 Å². The third-order valence-corrected chi connectivity index (χ3v) is 6.06. The van der Waals surface area contributed by atoms with Crippen molar-refractivity contribution in [1.82, 2.24) is 10.2 Å². The van der Waals surface area contributed by atoms with E-state index in [1.807, 2.05) is 24.3 Å². The molecule has 0 saturated carbocycles. The van der Waals surface area contributed by atoms with Gasteiger partial charge in [-0.15, -0.1) is 11.8 Å². The van der Waals surface area contributed by atoms with Gasteiger partial charge in [-0.05, 0) is 49.2 Å². The van der Waals surface area contributed by atoms with E-state index < -0.39 is 0 Å².